The van der Waals surface area contributed by atoms with Crippen molar-refractivity contribution in [3.8, 4) is 0 Å². The topological polar surface area (TPSA) is 83.6 Å². The zero-order chi connectivity index (χ0) is 11.9. The summed E-state index contributed by atoms with van der Waals surface area (Å²) in [5.74, 6) is -0.802. The number of rotatable bonds is 2. The third kappa shape index (κ3) is 2.08. The Bertz CT molecular complexity index is 422. The van der Waals surface area contributed by atoms with Gasteiger partial charge in [0.1, 0.15) is 17.1 Å². The molecule has 1 unspecified atom stereocenters. The fourth-order valence-corrected chi connectivity index (χ4v) is 3.13. The van der Waals surface area contributed by atoms with Gasteiger partial charge in [-0.05, 0) is 12.5 Å². The van der Waals surface area contributed by atoms with Gasteiger partial charge in [-0.15, -0.1) is 24.2 Å². The number of halogens is 1. The van der Waals surface area contributed by atoms with Gasteiger partial charge in [-0.25, -0.2) is 4.79 Å². The number of allylic oxidation sites excluding steroid dienone is 2. The number of amides is 1. The summed E-state index contributed by atoms with van der Waals surface area (Å²) in [7, 11) is 0. The van der Waals surface area contributed by atoms with Crippen LogP contribution in [0, 0.1) is 0 Å². The molecule has 2 atom stereocenters. The van der Waals surface area contributed by atoms with Gasteiger partial charge in [0.15, 0.2) is 0 Å². The summed E-state index contributed by atoms with van der Waals surface area (Å²) in [6.07, 6.45) is 3.49. The molecule has 17 heavy (non-hydrogen) atoms. The lowest BCUT2D eigenvalue weighted by molar-refractivity contribution is -0.147. The van der Waals surface area contributed by atoms with Gasteiger partial charge in [-0.2, -0.15) is 0 Å². The molecule has 1 amide bonds. The van der Waals surface area contributed by atoms with Crippen molar-refractivity contribution in [2.24, 2.45) is 5.73 Å². The van der Waals surface area contributed by atoms with E-state index in [-0.39, 0.29) is 29.4 Å². The van der Waals surface area contributed by atoms with Crippen LogP contribution in [0.25, 0.3) is 0 Å². The Kier molecular flexibility index (Phi) is 4.24. The number of carboxylic acid groups (broad SMARTS) is 1. The minimum absolute atomic E-state index is 0. The zero-order valence-corrected chi connectivity index (χ0v) is 10.8. The van der Waals surface area contributed by atoms with Crippen molar-refractivity contribution in [2.45, 2.75) is 18.3 Å². The van der Waals surface area contributed by atoms with E-state index in [1.807, 2.05) is 6.92 Å². The standard InChI is InChI=1S/C10H12N2O3S.ClH/c1-2-3-5-4-16-9-6(11)8(13)12(9)7(5)10(14)15;/h2-3,6,9H,4,11H2,1H3,(H,14,15);1H/b3-2+;/t6?,9-;/m0./s1. The van der Waals surface area contributed by atoms with Crippen LogP contribution in [0.1, 0.15) is 6.92 Å². The Labute approximate surface area is 109 Å². The van der Waals surface area contributed by atoms with Crippen molar-refractivity contribution < 1.29 is 14.7 Å². The van der Waals surface area contributed by atoms with Gasteiger partial charge >= 0.3 is 5.97 Å². The minimum atomic E-state index is -1.07. The lowest BCUT2D eigenvalue weighted by Crippen LogP contribution is -2.68. The van der Waals surface area contributed by atoms with Crippen LogP contribution < -0.4 is 5.73 Å². The first kappa shape index (κ1) is 14.1. The average molecular weight is 277 g/mol. The Morgan fingerprint density at radius 1 is 1.65 bits per heavy atom. The predicted octanol–water partition coefficient (Wildman–Crippen LogP) is 0.565. The highest BCUT2D eigenvalue weighted by molar-refractivity contribution is 8.00. The number of carboxylic acids is 1. The summed E-state index contributed by atoms with van der Waals surface area (Å²) in [5.41, 5.74) is 6.35. The molecule has 7 heteroatoms. The van der Waals surface area contributed by atoms with E-state index in [1.54, 1.807) is 12.2 Å². The first-order valence-electron chi connectivity index (χ1n) is 4.87. The highest BCUT2D eigenvalue weighted by atomic mass is 35.5. The Balaban J connectivity index is 0.00000144. The minimum Gasteiger partial charge on any atom is -0.477 e. The van der Waals surface area contributed by atoms with Crippen LogP contribution >= 0.6 is 24.2 Å². The van der Waals surface area contributed by atoms with Gasteiger partial charge in [-0.3, -0.25) is 9.69 Å². The molecule has 0 radical (unpaired) electrons. The average Bonchev–Trinajstić information content (AvgIpc) is 2.27. The number of fused-ring (bicyclic) bond motifs is 1. The van der Waals surface area contributed by atoms with Crippen LogP contribution in [0.2, 0.25) is 0 Å². The molecule has 5 nitrogen and oxygen atoms in total. The number of nitrogens with zero attached hydrogens (tertiary/aromatic N) is 1. The maximum atomic E-state index is 11.5. The Morgan fingerprint density at radius 2 is 2.29 bits per heavy atom. The van der Waals surface area contributed by atoms with Gasteiger partial charge in [0.2, 0.25) is 5.91 Å². The van der Waals surface area contributed by atoms with E-state index in [4.69, 9.17) is 10.8 Å². The lowest BCUT2D eigenvalue weighted by Gasteiger charge is -2.47. The molecule has 2 aliphatic heterocycles. The summed E-state index contributed by atoms with van der Waals surface area (Å²) in [4.78, 5) is 24.0. The van der Waals surface area contributed by atoms with E-state index >= 15 is 0 Å². The molecule has 0 bridgehead atoms. The number of hydrogen-bond donors (Lipinski definition) is 2. The second-order valence-corrected chi connectivity index (χ2v) is 4.72. The lowest BCUT2D eigenvalue weighted by atomic mass is 10.0. The SMILES string of the molecule is C/C=C/C1=C(C(=O)O)N2C(=O)C(N)[C@@H]2SC1.Cl. The van der Waals surface area contributed by atoms with Crippen molar-refractivity contribution in [1.29, 1.82) is 0 Å². The summed E-state index contributed by atoms with van der Waals surface area (Å²) in [6, 6.07) is -0.563. The van der Waals surface area contributed by atoms with E-state index in [0.717, 1.165) is 0 Å². The van der Waals surface area contributed by atoms with E-state index in [2.05, 4.69) is 0 Å². The fraction of sp³-hybridized carbons (Fsp3) is 0.400. The number of β-lactam (4-membered cyclic amide) rings is 1. The molecule has 94 valence electrons. The molecular formula is C10H13ClN2O3S. The van der Waals surface area contributed by atoms with Crippen LogP contribution in [0.5, 0.6) is 0 Å². The van der Waals surface area contributed by atoms with Gasteiger partial charge in [0.05, 0.1) is 0 Å². The van der Waals surface area contributed by atoms with Crippen LogP contribution in [0.15, 0.2) is 23.4 Å². The molecular weight excluding hydrogens is 264 g/mol. The van der Waals surface area contributed by atoms with Crippen molar-refractivity contribution >= 4 is 36.0 Å². The molecule has 3 N–H and O–H groups in total. The van der Waals surface area contributed by atoms with Gasteiger partial charge < -0.3 is 10.8 Å². The molecule has 2 heterocycles. The maximum absolute atomic E-state index is 11.5. The van der Waals surface area contributed by atoms with Crippen molar-refractivity contribution in [3.05, 3.63) is 23.4 Å². The second kappa shape index (κ2) is 5.12. The molecule has 0 aromatic carbocycles. The summed E-state index contributed by atoms with van der Waals surface area (Å²) < 4.78 is 0. The highest BCUT2D eigenvalue weighted by Gasteiger charge is 2.51. The van der Waals surface area contributed by atoms with Crippen molar-refractivity contribution in [2.75, 3.05) is 5.75 Å². The Morgan fingerprint density at radius 3 is 2.82 bits per heavy atom. The first-order chi connectivity index (χ1) is 7.57. The van der Waals surface area contributed by atoms with E-state index < -0.39 is 12.0 Å². The summed E-state index contributed by atoms with van der Waals surface area (Å²) in [5, 5.41) is 8.91. The van der Waals surface area contributed by atoms with E-state index in [9.17, 15) is 9.59 Å². The third-order valence-electron chi connectivity index (χ3n) is 2.61. The van der Waals surface area contributed by atoms with Gasteiger partial charge in [-0.1, -0.05) is 12.2 Å². The number of carbonyl (C=O) groups excluding carboxylic acids is 1. The van der Waals surface area contributed by atoms with Crippen LogP contribution in [0.3, 0.4) is 0 Å². The number of hydrogen-bond acceptors (Lipinski definition) is 4. The smallest absolute Gasteiger partial charge is 0.352 e. The zero-order valence-electron chi connectivity index (χ0n) is 9.12. The number of aliphatic carboxylic acids is 1. The van der Waals surface area contributed by atoms with E-state index in [1.165, 1.54) is 16.7 Å². The van der Waals surface area contributed by atoms with Crippen LogP contribution in [0.4, 0.5) is 0 Å². The van der Waals surface area contributed by atoms with Crippen molar-refractivity contribution in [3.63, 3.8) is 0 Å². The second-order valence-electron chi connectivity index (χ2n) is 3.61. The third-order valence-corrected chi connectivity index (χ3v) is 3.93. The fourth-order valence-electron chi connectivity index (χ4n) is 1.87. The molecule has 0 spiro atoms. The Hall–Kier alpha value is -0.980. The summed E-state index contributed by atoms with van der Waals surface area (Å²) >= 11 is 1.50. The molecule has 0 aromatic rings. The normalized spacial score (nSPS) is 27.6. The number of nitrogens with two attached hydrogens (primary N) is 1. The van der Waals surface area contributed by atoms with Crippen LogP contribution in [-0.2, 0) is 9.59 Å². The number of thioether (sulfide) groups is 1. The van der Waals surface area contributed by atoms with Crippen molar-refractivity contribution in [1.82, 2.24) is 4.90 Å². The molecule has 2 aliphatic rings. The monoisotopic (exact) mass is 276 g/mol. The first-order valence-corrected chi connectivity index (χ1v) is 5.92. The van der Waals surface area contributed by atoms with Gasteiger partial charge in [0.25, 0.3) is 0 Å². The maximum Gasteiger partial charge on any atom is 0.352 e. The molecule has 2 rings (SSSR count). The molecule has 0 aromatic heterocycles. The largest absolute Gasteiger partial charge is 0.477 e. The van der Waals surface area contributed by atoms with Gasteiger partial charge in [0, 0.05) is 5.75 Å². The van der Waals surface area contributed by atoms with E-state index in [0.29, 0.717) is 11.3 Å². The molecule has 1 fully saturated rings. The van der Waals surface area contributed by atoms with Crippen LogP contribution in [-0.4, -0.2) is 39.1 Å². The highest BCUT2D eigenvalue weighted by Crippen LogP contribution is 2.39. The number of carbonyl (C=O) groups is 2. The predicted molar refractivity (Wildman–Crippen MR) is 67.8 cm³/mol. The summed E-state index contributed by atoms with van der Waals surface area (Å²) in [6.45, 7) is 1.81. The quantitative estimate of drug-likeness (QED) is 0.720. The molecule has 1 saturated heterocycles. The molecule has 0 aliphatic carbocycles. The molecule has 0 saturated carbocycles.